The van der Waals surface area contributed by atoms with Crippen molar-refractivity contribution in [2.75, 3.05) is 17.2 Å². The molecule has 2 N–H and O–H groups in total. The Balaban J connectivity index is 1.76. The molecule has 0 bridgehead atoms. The van der Waals surface area contributed by atoms with Gasteiger partial charge in [-0.15, -0.1) is 0 Å². The zero-order chi connectivity index (χ0) is 16.0. The predicted molar refractivity (Wildman–Crippen MR) is 83.1 cm³/mol. The van der Waals surface area contributed by atoms with Gasteiger partial charge in [-0.2, -0.15) is 5.10 Å². The van der Waals surface area contributed by atoms with E-state index in [-0.39, 0.29) is 6.04 Å². The lowest BCUT2D eigenvalue weighted by Gasteiger charge is -2.26. The summed E-state index contributed by atoms with van der Waals surface area (Å²) in [7, 11) is 0. The smallest absolute Gasteiger partial charge is 0.180 e. The van der Waals surface area contributed by atoms with Gasteiger partial charge in [-0.25, -0.2) is 18.3 Å². The molecule has 3 heterocycles. The third-order valence-electron chi connectivity index (χ3n) is 4.25. The Hall–Kier alpha value is -2.70. The summed E-state index contributed by atoms with van der Waals surface area (Å²) in [6.45, 7) is 0.734. The maximum atomic E-state index is 14.1. The molecule has 1 aromatic carbocycles. The molecule has 118 valence electrons. The second kappa shape index (κ2) is 5.19. The molecule has 2 aromatic heterocycles. The predicted octanol–water partition coefficient (Wildman–Crippen LogP) is 2.93. The van der Waals surface area contributed by atoms with E-state index in [0.717, 1.165) is 25.5 Å². The molecule has 7 heteroatoms. The van der Waals surface area contributed by atoms with Crippen LogP contribution in [0.2, 0.25) is 0 Å². The first-order valence-electron chi connectivity index (χ1n) is 7.45. The van der Waals surface area contributed by atoms with Crippen LogP contribution in [0.1, 0.15) is 24.4 Å². The van der Waals surface area contributed by atoms with Crippen molar-refractivity contribution < 1.29 is 8.78 Å². The van der Waals surface area contributed by atoms with Gasteiger partial charge in [-0.1, -0.05) is 0 Å². The Morgan fingerprint density at radius 3 is 2.96 bits per heavy atom. The largest absolute Gasteiger partial charge is 0.394 e. The second-order valence-corrected chi connectivity index (χ2v) is 5.67. The Kier molecular flexibility index (Phi) is 3.14. The lowest BCUT2D eigenvalue weighted by molar-refractivity contribution is 0.560. The van der Waals surface area contributed by atoms with Gasteiger partial charge in [-0.3, -0.25) is 0 Å². The number of nitrogen functional groups attached to an aromatic ring is 1. The third-order valence-corrected chi connectivity index (χ3v) is 4.25. The van der Waals surface area contributed by atoms with Crippen LogP contribution < -0.4 is 10.6 Å². The number of rotatable bonds is 2. The van der Waals surface area contributed by atoms with E-state index in [1.165, 1.54) is 12.1 Å². The van der Waals surface area contributed by atoms with Gasteiger partial charge < -0.3 is 10.6 Å². The fraction of sp³-hybridized carbons (Fsp3) is 0.250. The van der Waals surface area contributed by atoms with Gasteiger partial charge in [0.1, 0.15) is 17.5 Å². The minimum Gasteiger partial charge on any atom is -0.394 e. The van der Waals surface area contributed by atoms with Gasteiger partial charge in [-0.05, 0) is 37.1 Å². The molecule has 1 atom stereocenters. The molecule has 23 heavy (non-hydrogen) atoms. The van der Waals surface area contributed by atoms with Crippen molar-refractivity contribution in [3.63, 3.8) is 0 Å². The molecule has 1 saturated heterocycles. The highest BCUT2D eigenvalue weighted by Gasteiger charge is 2.29. The highest BCUT2D eigenvalue weighted by atomic mass is 19.1. The van der Waals surface area contributed by atoms with Gasteiger partial charge in [0, 0.05) is 18.3 Å². The Bertz CT molecular complexity index is 876. The Morgan fingerprint density at radius 2 is 2.09 bits per heavy atom. The summed E-state index contributed by atoms with van der Waals surface area (Å²) in [5, 5.41) is 4.09. The minimum absolute atomic E-state index is 0.232. The van der Waals surface area contributed by atoms with Crippen LogP contribution in [-0.4, -0.2) is 21.1 Å². The van der Waals surface area contributed by atoms with E-state index < -0.39 is 11.6 Å². The molecule has 1 fully saturated rings. The maximum Gasteiger partial charge on any atom is 0.180 e. The molecule has 4 rings (SSSR count). The number of nitrogens with zero attached hydrogens (tertiary/aromatic N) is 4. The standard InChI is InChI=1S/C16H15F2N5/c17-10-3-4-12(18)11(8-10)14-2-1-6-22(14)15-5-7-23-16(21-15)13(19)9-20-23/h3-5,7-9,14H,1-2,6,19H2. The van der Waals surface area contributed by atoms with Crippen LogP contribution in [0.3, 0.4) is 0 Å². The second-order valence-electron chi connectivity index (χ2n) is 5.67. The molecule has 1 aliphatic rings. The van der Waals surface area contributed by atoms with Crippen LogP contribution >= 0.6 is 0 Å². The van der Waals surface area contributed by atoms with E-state index in [0.29, 0.717) is 22.7 Å². The molecule has 0 spiro atoms. The number of hydrogen-bond donors (Lipinski definition) is 1. The average molecular weight is 315 g/mol. The fourth-order valence-corrected chi connectivity index (χ4v) is 3.17. The molecular formula is C16H15F2N5. The van der Waals surface area contributed by atoms with Gasteiger partial charge >= 0.3 is 0 Å². The summed E-state index contributed by atoms with van der Waals surface area (Å²) in [6, 6.07) is 5.16. The quantitative estimate of drug-likeness (QED) is 0.790. The van der Waals surface area contributed by atoms with Crippen molar-refractivity contribution in [1.82, 2.24) is 14.6 Å². The van der Waals surface area contributed by atoms with Crippen molar-refractivity contribution in [1.29, 1.82) is 0 Å². The van der Waals surface area contributed by atoms with E-state index in [1.54, 1.807) is 16.9 Å². The van der Waals surface area contributed by atoms with E-state index >= 15 is 0 Å². The van der Waals surface area contributed by atoms with E-state index in [2.05, 4.69) is 10.1 Å². The fourth-order valence-electron chi connectivity index (χ4n) is 3.17. The van der Waals surface area contributed by atoms with Crippen molar-refractivity contribution in [2.24, 2.45) is 0 Å². The summed E-state index contributed by atoms with van der Waals surface area (Å²) in [5.41, 5.74) is 7.27. The van der Waals surface area contributed by atoms with Crippen LogP contribution in [0.25, 0.3) is 5.65 Å². The Labute approximate surface area is 131 Å². The van der Waals surface area contributed by atoms with Crippen molar-refractivity contribution in [3.8, 4) is 0 Å². The minimum atomic E-state index is -0.434. The molecule has 1 aliphatic heterocycles. The molecule has 0 saturated carbocycles. The number of benzene rings is 1. The van der Waals surface area contributed by atoms with Crippen LogP contribution in [-0.2, 0) is 0 Å². The van der Waals surface area contributed by atoms with E-state index in [4.69, 9.17) is 5.73 Å². The van der Waals surface area contributed by atoms with Gasteiger partial charge in [0.05, 0.1) is 17.9 Å². The molecular weight excluding hydrogens is 300 g/mol. The number of halogens is 2. The van der Waals surface area contributed by atoms with E-state index in [9.17, 15) is 8.78 Å². The van der Waals surface area contributed by atoms with E-state index in [1.807, 2.05) is 11.0 Å². The molecule has 3 aromatic rings. The zero-order valence-electron chi connectivity index (χ0n) is 12.3. The first-order valence-corrected chi connectivity index (χ1v) is 7.45. The monoisotopic (exact) mass is 315 g/mol. The summed E-state index contributed by atoms with van der Waals surface area (Å²) >= 11 is 0. The summed E-state index contributed by atoms with van der Waals surface area (Å²) < 4.78 is 29.2. The zero-order valence-corrected chi connectivity index (χ0v) is 12.3. The summed E-state index contributed by atoms with van der Waals surface area (Å²) in [4.78, 5) is 6.52. The lowest BCUT2D eigenvalue weighted by Crippen LogP contribution is -2.24. The summed E-state index contributed by atoms with van der Waals surface area (Å²) in [6.07, 6.45) is 4.95. The highest BCUT2D eigenvalue weighted by Crippen LogP contribution is 2.36. The van der Waals surface area contributed by atoms with Gasteiger partial charge in [0.15, 0.2) is 5.65 Å². The van der Waals surface area contributed by atoms with Crippen LogP contribution in [0, 0.1) is 11.6 Å². The van der Waals surface area contributed by atoms with Crippen molar-refractivity contribution >= 4 is 17.2 Å². The number of aromatic nitrogens is 3. The normalized spacial score (nSPS) is 18.0. The first-order chi connectivity index (χ1) is 11.1. The SMILES string of the molecule is Nc1cnn2ccc(N3CCCC3c3cc(F)ccc3F)nc12. The highest BCUT2D eigenvalue weighted by molar-refractivity contribution is 5.65. The summed E-state index contributed by atoms with van der Waals surface area (Å²) in [5.74, 6) is -0.138. The molecule has 0 radical (unpaired) electrons. The van der Waals surface area contributed by atoms with Gasteiger partial charge in [0.2, 0.25) is 0 Å². The topological polar surface area (TPSA) is 59.4 Å². The van der Waals surface area contributed by atoms with Crippen molar-refractivity contribution in [3.05, 3.63) is 53.9 Å². The Morgan fingerprint density at radius 1 is 1.22 bits per heavy atom. The third kappa shape index (κ3) is 2.28. The number of fused-ring (bicyclic) bond motifs is 1. The van der Waals surface area contributed by atoms with Crippen LogP contribution in [0.15, 0.2) is 36.7 Å². The maximum absolute atomic E-state index is 14.1. The molecule has 0 aliphatic carbocycles. The molecule has 0 amide bonds. The average Bonchev–Trinajstić information content (AvgIpc) is 3.17. The van der Waals surface area contributed by atoms with Crippen LogP contribution in [0.5, 0.6) is 0 Å². The number of nitrogens with two attached hydrogens (primary N) is 1. The van der Waals surface area contributed by atoms with Gasteiger partial charge in [0.25, 0.3) is 0 Å². The molecule has 5 nitrogen and oxygen atoms in total. The van der Waals surface area contributed by atoms with Crippen molar-refractivity contribution in [2.45, 2.75) is 18.9 Å². The number of anilines is 2. The number of hydrogen-bond acceptors (Lipinski definition) is 4. The molecule has 1 unspecified atom stereocenters. The van der Waals surface area contributed by atoms with Crippen LogP contribution in [0.4, 0.5) is 20.3 Å². The first kappa shape index (κ1) is 13.9. The lowest BCUT2D eigenvalue weighted by atomic mass is 10.0.